The summed E-state index contributed by atoms with van der Waals surface area (Å²) in [6.45, 7) is 15.4. The van der Waals surface area contributed by atoms with E-state index in [-0.39, 0.29) is 0 Å². The zero-order valence-corrected chi connectivity index (χ0v) is 20.9. The lowest BCUT2D eigenvalue weighted by Crippen LogP contribution is -2.51. The van der Waals surface area contributed by atoms with Gasteiger partial charge in [-0.25, -0.2) is 0 Å². The maximum absolute atomic E-state index is 9.94. The second kappa shape index (κ2) is 8.57. The first-order valence-corrected chi connectivity index (χ1v) is 13.5. The Bertz CT molecular complexity index is 622. The molecule has 172 valence electrons. The summed E-state index contributed by atoms with van der Waals surface area (Å²) < 4.78 is 0. The zero-order valence-electron chi connectivity index (χ0n) is 20.9. The van der Waals surface area contributed by atoms with Crippen LogP contribution in [0.5, 0.6) is 0 Å². The number of rotatable bonds is 6. The van der Waals surface area contributed by atoms with Crippen molar-refractivity contribution in [1.29, 1.82) is 0 Å². The lowest BCUT2D eigenvalue weighted by atomic mass is 9.47. The first kappa shape index (κ1) is 22.9. The van der Waals surface area contributed by atoms with Crippen molar-refractivity contribution in [2.24, 2.45) is 64.1 Å². The lowest BCUT2D eigenvalue weighted by Gasteiger charge is -2.58. The molecule has 4 aliphatic carbocycles. The molecule has 4 aliphatic rings. The minimum absolute atomic E-state index is 0.430. The molecular formula is C29H50O. The van der Waals surface area contributed by atoms with Gasteiger partial charge in [-0.2, -0.15) is 0 Å². The molecule has 0 bridgehead atoms. The summed E-state index contributed by atoms with van der Waals surface area (Å²) in [7, 11) is 0. The second-order valence-electron chi connectivity index (χ2n) is 12.8. The topological polar surface area (TPSA) is 20.2 Å². The summed E-state index contributed by atoms with van der Waals surface area (Å²) in [5.41, 5.74) is 1.08. The van der Waals surface area contributed by atoms with Gasteiger partial charge >= 0.3 is 0 Å². The maximum atomic E-state index is 9.94. The molecule has 4 rings (SSSR count). The van der Waals surface area contributed by atoms with E-state index in [1.165, 1.54) is 57.8 Å². The van der Waals surface area contributed by atoms with Crippen LogP contribution in [-0.2, 0) is 0 Å². The van der Waals surface area contributed by atoms with Gasteiger partial charge in [0.05, 0.1) is 0 Å². The Morgan fingerprint density at radius 2 is 1.50 bits per heavy atom. The third-order valence-electron chi connectivity index (χ3n) is 11.5. The summed E-state index contributed by atoms with van der Waals surface area (Å²) in [6.07, 6.45) is 17.8. The summed E-state index contributed by atoms with van der Waals surface area (Å²) in [5, 5.41) is 9.94. The fourth-order valence-electron chi connectivity index (χ4n) is 9.73. The van der Waals surface area contributed by atoms with Crippen LogP contribution in [0.15, 0.2) is 12.2 Å². The molecule has 1 heteroatoms. The zero-order chi connectivity index (χ0) is 21.7. The van der Waals surface area contributed by atoms with Gasteiger partial charge in [0.1, 0.15) is 0 Å². The molecule has 4 saturated carbocycles. The predicted molar refractivity (Wildman–Crippen MR) is 128 cm³/mol. The smallest absolute Gasteiger partial charge is 0.0462 e. The lowest BCUT2D eigenvalue weighted by molar-refractivity contribution is -0.0956. The molecule has 0 aromatic rings. The van der Waals surface area contributed by atoms with Gasteiger partial charge in [0, 0.05) is 6.61 Å². The largest absolute Gasteiger partial charge is 0.396 e. The molecule has 1 nitrogen and oxygen atoms in total. The fraction of sp³-hybridized carbons (Fsp3) is 0.931. The highest BCUT2D eigenvalue weighted by atomic mass is 16.3. The standard InChI is InChI=1S/C29H50O/c1-7-21(19(2)3)9-8-20(4)24-12-13-26-23-10-11-25-22(18-30)14-16-29(25,6)27(23)15-17-28(24,26)5/h8-9,19-27,30H,7,10-18H2,1-6H3/b9-8+/t20-,21+,22-,23+,24-,25+,26+,27+,28-,29+/m1/s1. The Labute approximate surface area is 187 Å². The number of fused-ring (bicyclic) bond motifs is 5. The van der Waals surface area contributed by atoms with Crippen LogP contribution in [0.25, 0.3) is 0 Å². The van der Waals surface area contributed by atoms with Gasteiger partial charge in [-0.1, -0.05) is 53.7 Å². The van der Waals surface area contributed by atoms with Gasteiger partial charge < -0.3 is 5.11 Å². The first-order valence-electron chi connectivity index (χ1n) is 13.5. The molecule has 0 amide bonds. The SMILES string of the molecule is CC[C@@H](/C=C/[C@@H](C)[C@H]1CC[C@H]2[C@@H]3CC[C@H]4[C@@H](CO)CC[C@]4(C)[C@H]3CC[C@]12C)C(C)C. The molecule has 0 heterocycles. The number of allylic oxidation sites excluding steroid dienone is 2. The maximum Gasteiger partial charge on any atom is 0.0462 e. The van der Waals surface area contributed by atoms with Crippen LogP contribution in [0.1, 0.15) is 99.3 Å². The highest BCUT2D eigenvalue weighted by Gasteiger charge is 2.61. The van der Waals surface area contributed by atoms with Gasteiger partial charge in [-0.3, -0.25) is 0 Å². The van der Waals surface area contributed by atoms with Crippen molar-refractivity contribution in [2.45, 2.75) is 99.3 Å². The van der Waals surface area contributed by atoms with E-state index in [0.29, 0.717) is 23.4 Å². The van der Waals surface area contributed by atoms with Crippen molar-refractivity contribution in [3.8, 4) is 0 Å². The average Bonchev–Trinajstić information content (AvgIpc) is 3.24. The molecule has 0 radical (unpaired) electrons. The molecule has 0 aliphatic heterocycles. The van der Waals surface area contributed by atoms with E-state index in [4.69, 9.17) is 0 Å². The van der Waals surface area contributed by atoms with Crippen LogP contribution in [0.4, 0.5) is 0 Å². The molecule has 0 saturated heterocycles. The highest BCUT2D eigenvalue weighted by molar-refractivity contribution is 5.12. The Balaban J connectivity index is 1.50. The van der Waals surface area contributed by atoms with Crippen molar-refractivity contribution in [3.05, 3.63) is 12.2 Å². The van der Waals surface area contributed by atoms with Gasteiger partial charge in [-0.15, -0.1) is 0 Å². The molecule has 4 fully saturated rings. The van der Waals surface area contributed by atoms with Crippen LogP contribution in [-0.4, -0.2) is 11.7 Å². The molecule has 0 aromatic carbocycles. The Hall–Kier alpha value is -0.300. The van der Waals surface area contributed by atoms with Gasteiger partial charge in [0.2, 0.25) is 0 Å². The fourth-order valence-corrected chi connectivity index (χ4v) is 9.73. The molecule has 1 N–H and O–H groups in total. The highest BCUT2D eigenvalue weighted by Crippen LogP contribution is 2.69. The van der Waals surface area contributed by atoms with E-state index >= 15 is 0 Å². The normalized spacial score (nSPS) is 47.9. The summed E-state index contributed by atoms with van der Waals surface area (Å²) in [5.74, 6) is 7.34. The molecule has 0 unspecified atom stereocenters. The van der Waals surface area contributed by atoms with Crippen LogP contribution in [0, 0.1) is 64.1 Å². The number of hydrogen-bond acceptors (Lipinski definition) is 1. The van der Waals surface area contributed by atoms with Crippen LogP contribution < -0.4 is 0 Å². The van der Waals surface area contributed by atoms with E-state index in [0.717, 1.165) is 47.3 Å². The van der Waals surface area contributed by atoms with Crippen molar-refractivity contribution in [2.75, 3.05) is 6.61 Å². The number of aliphatic hydroxyl groups is 1. The number of aliphatic hydroxyl groups excluding tert-OH is 1. The Morgan fingerprint density at radius 1 is 0.833 bits per heavy atom. The van der Waals surface area contributed by atoms with Gasteiger partial charge in [-0.05, 0) is 122 Å². The van der Waals surface area contributed by atoms with E-state index in [1.807, 2.05) is 0 Å². The predicted octanol–water partition coefficient (Wildman–Crippen LogP) is 7.74. The van der Waals surface area contributed by atoms with Crippen molar-refractivity contribution in [3.63, 3.8) is 0 Å². The molecule has 10 atom stereocenters. The third kappa shape index (κ3) is 3.54. The summed E-state index contributed by atoms with van der Waals surface area (Å²) >= 11 is 0. The first-order chi connectivity index (χ1) is 14.3. The quantitative estimate of drug-likeness (QED) is 0.441. The van der Waals surface area contributed by atoms with E-state index in [9.17, 15) is 5.11 Å². The molecule has 0 aromatic heterocycles. The third-order valence-corrected chi connectivity index (χ3v) is 11.5. The van der Waals surface area contributed by atoms with E-state index in [2.05, 4.69) is 53.7 Å². The van der Waals surface area contributed by atoms with Crippen LogP contribution >= 0.6 is 0 Å². The number of hydrogen-bond donors (Lipinski definition) is 1. The van der Waals surface area contributed by atoms with E-state index < -0.39 is 0 Å². The van der Waals surface area contributed by atoms with Crippen LogP contribution in [0.3, 0.4) is 0 Å². The minimum atomic E-state index is 0.430. The summed E-state index contributed by atoms with van der Waals surface area (Å²) in [4.78, 5) is 0. The second-order valence-corrected chi connectivity index (χ2v) is 12.8. The van der Waals surface area contributed by atoms with E-state index in [1.54, 1.807) is 0 Å². The monoisotopic (exact) mass is 414 g/mol. The molecule has 30 heavy (non-hydrogen) atoms. The average molecular weight is 415 g/mol. The molecule has 0 spiro atoms. The van der Waals surface area contributed by atoms with Crippen LogP contribution in [0.2, 0.25) is 0 Å². The molecular weight excluding hydrogens is 364 g/mol. The van der Waals surface area contributed by atoms with Gasteiger partial charge in [0.25, 0.3) is 0 Å². The summed E-state index contributed by atoms with van der Waals surface area (Å²) in [6, 6.07) is 0. The van der Waals surface area contributed by atoms with Crippen molar-refractivity contribution in [1.82, 2.24) is 0 Å². The van der Waals surface area contributed by atoms with Gasteiger partial charge in [0.15, 0.2) is 0 Å². The Kier molecular flexibility index (Phi) is 6.53. The minimum Gasteiger partial charge on any atom is -0.396 e. The van der Waals surface area contributed by atoms with Crippen molar-refractivity contribution < 1.29 is 5.11 Å². The Morgan fingerprint density at radius 3 is 2.17 bits per heavy atom. The van der Waals surface area contributed by atoms with Crippen molar-refractivity contribution >= 4 is 0 Å².